The number of nitrogens with zero attached hydrogens (tertiary/aromatic N) is 2. The Kier molecular flexibility index (Phi) is 5.19. The predicted molar refractivity (Wildman–Crippen MR) is 100 cm³/mol. The normalized spacial score (nSPS) is 10.7. The van der Waals surface area contributed by atoms with E-state index in [-0.39, 0.29) is 5.91 Å². The maximum Gasteiger partial charge on any atom is 0.224 e. The van der Waals surface area contributed by atoms with Crippen molar-refractivity contribution >= 4 is 17.5 Å². The first-order valence-corrected chi connectivity index (χ1v) is 8.54. The van der Waals surface area contributed by atoms with E-state index in [9.17, 15) is 4.79 Å². The Morgan fingerprint density at radius 2 is 1.88 bits per heavy atom. The van der Waals surface area contributed by atoms with Gasteiger partial charge in [-0.1, -0.05) is 41.9 Å². The van der Waals surface area contributed by atoms with Crippen LogP contribution in [0.15, 0.2) is 54.6 Å². The molecule has 0 fully saturated rings. The fourth-order valence-electron chi connectivity index (χ4n) is 2.82. The summed E-state index contributed by atoms with van der Waals surface area (Å²) in [7, 11) is 0. The Balaban J connectivity index is 1.70. The van der Waals surface area contributed by atoms with Gasteiger partial charge < -0.3 is 5.32 Å². The minimum atomic E-state index is -0.0289. The highest BCUT2D eigenvalue weighted by Crippen LogP contribution is 2.18. The number of hydrogen-bond donors (Lipinski definition) is 1. The summed E-state index contributed by atoms with van der Waals surface area (Å²) in [5.74, 6) is -0.0289. The fourth-order valence-corrected chi connectivity index (χ4v) is 3.03. The topological polar surface area (TPSA) is 46.9 Å². The lowest BCUT2D eigenvalue weighted by Crippen LogP contribution is -2.25. The van der Waals surface area contributed by atoms with Crippen LogP contribution in [0.5, 0.6) is 0 Å². The smallest absolute Gasteiger partial charge is 0.224 e. The predicted octanol–water partition coefficient (Wildman–Crippen LogP) is 4.00. The molecule has 0 aliphatic heterocycles. The van der Waals surface area contributed by atoms with Crippen LogP contribution in [0.2, 0.25) is 5.02 Å². The Hall–Kier alpha value is -2.59. The van der Waals surface area contributed by atoms with Crippen LogP contribution in [0.1, 0.15) is 22.5 Å². The highest BCUT2D eigenvalue weighted by Gasteiger charge is 2.15. The van der Waals surface area contributed by atoms with Gasteiger partial charge in [0.05, 0.1) is 17.8 Å². The van der Waals surface area contributed by atoms with Crippen LogP contribution >= 0.6 is 11.6 Å². The number of aryl methyl sites for hydroxylation is 1. The fraction of sp³-hybridized carbons (Fsp3) is 0.200. The van der Waals surface area contributed by atoms with E-state index >= 15 is 0 Å². The Labute approximate surface area is 152 Å². The molecular weight excluding hydrogens is 334 g/mol. The minimum Gasteiger partial charge on any atom is -0.352 e. The zero-order valence-corrected chi connectivity index (χ0v) is 15.0. The summed E-state index contributed by atoms with van der Waals surface area (Å²) in [6.45, 7) is 4.39. The number of nitrogens with one attached hydrogen (secondary N) is 1. The van der Waals surface area contributed by atoms with E-state index in [2.05, 4.69) is 10.4 Å². The molecule has 0 bridgehead atoms. The third-order valence-corrected chi connectivity index (χ3v) is 4.39. The van der Waals surface area contributed by atoms with Crippen molar-refractivity contribution in [1.82, 2.24) is 15.1 Å². The molecule has 0 unspecified atom stereocenters. The lowest BCUT2D eigenvalue weighted by molar-refractivity contribution is -0.120. The largest absolute Gasteiger partial charge is 0.352 e. The number of carbonyl (C=O) groups excluding carboxylic acids is 1. The summed E-state index contributed by atoms with van der Waals surface area (Å²) in [6, 6.07) is 17.4. The van der Waals surface area contributed by atoms with E-state index in [0.29, 0.717) is 18.0 Å². The van der Waals surface area contributed by atoms with Crippen molar-refractivity contribution in [3.8, 4) is 5.69 Å². The molecule has 5 heteroatoms. The van der Waals surface area contributed by atoms with Crippen molar-refractivity contribution in [1.29, 1.82) is 0 Å². The maximum atomic E-state index is 12.3. The molecular formula is C20H20ClN3O. The molecule has 2 aromatic carbocycles. The van der Waals surface area contributed by atoms with Crippen molar-refractivity contribution < 1.29 is 4.79 Å². The number of carbonyl (C=O) groups is 1. The number of amides is 1. The standard InChI is InChI=1S/C20H20ClN3O/c1-14-19(15(2)24(23-14)18-9-4-3-5-10-18)12-20(25)22-13-16-7-6-8-17(21)11-16/h3-11H,12-13H2,1-2H3,(H,22,25). The molecule has 1 aromatic heterocycles. The first-order valence-electron chi connectivity index (χ1n) is 8.16. The van der Waals surface area contributed by atoms with Gasteiger partial charge in [-0.25, -0.2) is 4.68 Å². The lowest BCUT2D eigenvalue weighted by Gasteiger charge is -2.07. The van der Waals surface area contributed by atoms with Gasteiger partial charge in [-0.2, -0.15) is 5.10 Å². The van der Waals surface area contributed by atoms with E-state index in [4.69, 9.17) is 11.6 Å². The molecule has 3 rings (SSSR count). The molecule has 1 amide bonds. The van der Waals surface area contributed by atoms with Gasteiger partial charge in [0.2, 0.25) is 5.91 Å². The molecule has 0 atom stereocenters. The molecule has 1 N–H and O–H groups in total. The summed E-state index contributed by atoms with van der Waals surface area (Å²) >= 11 is 5.97. The highest BCUT2D eigenvalue weighted by molar-refractivity contribution is 6.30. The SMILES string of the molecule is Cc1nn(-c2ccccc2)c(C)c1CC(=O)NCc1cccc(Cl)c1. The second-order valence-corrected chi connectivity index (χ2v) is 6.42. The van der Waals surface area contributed by atoms with Crippen LogP contribution in [-0.2, 0) is 17.8 Å². The summed E-state index contributed by atoms with van der Waals surface area (Å²) in [4.78, 5) is 12.3. The molecule has 0 saturated carbocycles. The Morgan fingerprint density at radius 3 is 2.60 bits per heavy atom. The van der Waals surface area contributed by atoms with Gasteiger partial charge in [-0.05, 0) is 43.7 Å². The quantitative estimate of drug-likeness (QED) is 0.753. The molecule has 128 valence electrons. The van der Waals surface area contributed by atoms with Gasteiger partial charge >= 0.3 is 0 Å². The molecule has 0 saturated heterocycles. The summed E-state index contributed by atoms with van der Waals surface area (Å²) < 4.78 is 1.88. The molecule has 0 spiro atoms. The van der Waals surface area contributed by atoms with E-state index < -0.39 is 0 Å². The third-order valence-electron chi connectivity index (χ3n) is 4.16. The number of aromatic nitrogens is 2. The third kappa shape index (κ3) is 4.09. The molecule has 0 aliphatic carbocycles. The van der Waals surface area contributed by atoms with Crippen LogP contribution < -0.4 is 5.32 Å². The van der Waals surface area contributed by atoms with Crippen LogP contribution in [0.3, 0.4) is 0 Å². The summed E-state index contributed by atoms with van der Waals surface area (Å²) in [5, 5.41) is 8.20. The van der Waals surface area contributed by atoms with Crippen LogP contribution in [0.4, 0.5) is 0 Å². The van der Waals surface area contributed by atoms with Gasteiger partial charge in [0, 0.05) is 22.8 Å². The number of rotatable bonds is 5. The molecule has 1 heterocycles. The van der Waals surface area contributed by atoms with Crippen molar-refractivity contribution in [2.45, 2.75) is 26.8 Å². The van der Waals surface area contributed by atoms with Crippen LogP contribution in [-0.4, -0.2) is 15.7 Å². The second kappa shape index (κ2) is 7.53. The van der Waals surface area contributed by atoms with Crippen molar-refractivity contribution in [3.05, 3.63) is 82.1 Å². The zero-order valence-electron chi connectivity index (χ0n) is 14.3. The minimum absolute atomic E-state index is 0.0289. The Morgan fingerprint density at radius 1 is 1.12 bits per heavy atom. The number of hydrogen-bond acceptors (Lipinski definition) is 2. The van der Waals surface area contributed by atoms with Gasteiger partial charge in [-0.15, -0.1) is 0 Å². The second-order valence-electron chi connectivity index (χ2n) is 5.98. The van der Waals surface area contributed by atoms with Crippen LogP contribution in [0.25, 0.3) is 5.69 Å². The highest BCUT2D eigenvalue weighted by atomic mass is 35.5. The van der Waals surface area contributed by atoms with Gasteiger partial charge in [0.15, 0.2) is 0 Å². The molecule has 0 aliphatic rings. The Bertz CT molecular complexity index is 887. The number of para-hydroxylation sites is 1. The van der Waals surface area contributed by atoms with Crippen molar-refractivity contribution in [2.75, 3.05) is 0 Å². The lowest BCUT2D eigenvalue weighted by atomic mass is 10.1. The molecule has 3 aromatic rings. The molecule has 4 nitrogen and oxygen atoms in total. The van der Waals surface area contributed by atoms with Gasteiger partial charge in [-0.3, -0.25) is 4.79 Å². The monoisotopic (exact) mass is 353 g/mol. The van der Waals surface area contributed by atoms with E-state index in [1.807, 2.05) is 73.1 Å². The summed E-state index contributed by atoms with van der Waals surface area (Å²) in [6.07, 6.45) is 0.311. The van der Waals surface area contributed by atoms with E-state index in [1.165, 1.54) is 0 Å². The van der Waals surface area contributed by atoms with Crippen molar-refractivity contribution in [2.24, 2.45) is 0 Å². The molecule has 0 radical (unpaired) electrons. The summed E-state index contributed by atoms with van der Waals surface area (Å²) in [5.41, 5.74) is 4.80. The number of benzene rings is 2. The molecule has 25 heavy (non-hydrogen) atoms. The first kappa shape index (κ1) is 17.2. The van der Waals surface area contributed by atoms with Crippen molar-refractivity contribution in [3.63, 3.8) is 0 Å². The van der Waals surface area contributed by atoms with Gasteiger partial charge in [0.1, 0.15) is 0 Å². The number of halogens is 1. The average molecular weight is 354 g/mol. The van der Waals surface area contributed by atoms with E-state index in [1.54, 1.807) is 0 Å². The first-order chi connectivity index (χ1) is 12.0. The zero-order chi connectivity index (χ0) is 17.8. The average Bonchev–Trinajstić information content (AvgIpc) is 2.89. The van der Waals surface area contributed by atoms with Crippen LogP contribution in [0, 0.1) is 13.8 Å². The van der Waals surface area contributed by atoms with Gasteiger partial charge in [0.25, 0.3) is 0 Å². The maximum absolute atomic E-state index is 12.3. The van der Waals surface area contributed by atoms with E-state index in [0.717, 1.165) is 28.2 Å².